The maximum atomic E-state index is 13.3. The van der Waals surface area contributed by atoms with Crippen LogP contribution >= 0.6 is 0 Å². The number of nitrogens with zero attached hydrogens (tertiary/aromatic N) is 3. The number of aromatic nitrogens is 2. The molecule has 1 N–H and O–H groups in total. The lowest BCUT2D eigenvalue weighted by molar-refractivity contribution is 0.0922. The average molecular weight is 469 g/mol. The van der Waals surface area contributed by atoms with Crippen LogP contribution in [0, 0.1) is 0 Å². The molecule has 0 spiro atoms. The number of methoxy groups -OCH3 is 1. The Bertz CT molecular complexity index is 1220. The van der Waals surface area contributed by atoms with Gasteiger partial charge < -0.3 is 10.1 Å². The van der Waals surface area contributed by atoms with E-state index in [2.05, 4.69) is 5.32 Å². The van der Waals surface area contributed by atoms with Crippen molar-refractivity contribution in [1.82, 2.24) is 19.4 Å². The molecule has 2 heterocycles. The summed E-state index contributed by atoms with van der Waals surface area (Å²) in [5.74, 6) is 0.403. The van der Waals surface area contributed by atoms with Crippen molar-refractivity contribution >= 4 is 15.9 Å². The van der Waals surface area contributed by atoms with E-state index in [1.54, 1.807) is 18.0 Å². The first kappa shape index (κ1) is 23.0. The minimum absolute atomic E-state index is 0.253. The predicted octanol–water partition coefficient (Wildman–Crippen LogP) is 2.76. The molecule has 2 aromatic carbocycles. The lowest BCUT2D eigenvalue weighted by Gasteiger charge is -2.31. The van der Waals surface area contributed by atoms with Gasteiger partial charge in [0.15, 0.2) is 0 Å². The van der Waals surface area contributed by atoms with Crippen LogP contribution in [0.15, 0.2) is 60.8 Å². The van der Waals surface area contributed by atoms with E-state index in [4.69, 9.17) is 9.84 Å². The maximum absolute atomic E-state index is 13.3. The van der Waals surface area contributed by atoms with E-state index in [1.807, 2.05) is 54.6 Å². The van der Waals surface area contributed by atoms with Gasteiger partial charge in [0.2, 0.25) is 10.0 Å². The second-order valence-corrected chi connectivity index (χ2v) is 10.2. The normalized spacial score (nSPS) is 17.0. The van der Waals surface area contributed by atoms with Crippen LogP contribution in [0.3, 0.4) is 0 Å². The number of carbonyl (C=O) groups is 1. The van der Waals surface area contributed by atoms with E-state index in [9.17, 15) is 13.2 Å². The van der Waals surface area contributed by atoms with Crippen LogP contribution in [0.4, 0.5) is 0 Å². The highest BCUT2D eigenvalue weighted by atomic mass is 32.2. The quantitative estimate of drug-likeness (QED) is 0.576. The Balaban J connectivity index is 1.63. The monoisotopic (exact) mass is 468 g/mol. The molecule has 1 unspecified atom stereocenters. The fourth-order valence-electron chi connectivity index (χ4n) is 4.05. The highest BCUT2D eigenvalue weighted by molar-refractivity contribution is 7.88. The summed E-state index contributed by atoms with van der Waals surface area (Å²) >= 11 is 0. The van der Waals surface area contributed by atoms with E-state index in [0.717, 1.165) is 17.5 Å². The fourth-order valence-corrected chi connectivity index (χ4v) is 4.96. The summed E-state index contributed by atoms with van der Waals surface area (Å²) < 4.78 is 32.4. The Labute approximate surface area is 194 Å². The molecule has 0 aliphatic carbocycles. The van der Waals surface area contributed by atoms with Crippen molar-refractivity contribution in [2.75, 3.05) is 26.5 Å². The zero-order chi connectivity index (χ0) is 23.4. The minimum Gasteiger partial charge on any atom is -0.497 e. The molecule has 9 heteroatoms. The third-order valence-electron chi connectivity index (χ3n) is 5.73. The van der Waals surface area contributed by atoms with Gasteiger partial charge in [0.25, 0.3) is 5.91 Å². The van der Waals surface area contributed by atoms with Crippen molar-refractivity contribution in [1.29, 1.82) is 0 Å². The van der Waals surface area contributed by atoms with E-state index in [1.165, 1.54) is 10.6 Å². The van der Waals surface area contributed by atoms with Crippen LogP contribution in [-0.2, 0) is 16.6 Å². The van der Waals surface area contributed by atoms with Gasteiger partial charge in [-0.15, -0.1) is 0 Å². The van der Waals surface area contributed by atoms with Crippen LogP contribution in [0.2, 0.25) is 0 Å². The van der Waals surface area contributed by atoms with Gasteiger partial charge >= 0.3 is 0 Å². The molecule has 1 atom stereocenters. The lowest BCUT2D eigenvalue weighted by atomic mass is 10.0. The lowest BCUT2D eigenvalue weighted by Crippen LogP contribution is -2.49. The van der Waals surface area contributed by atoms with Gasteiger partial charge in [-0.25, -0.2) is 12.7 Å². The molecule has 1 aromatic heterocycles. The molecule has 1 saturated heterocycles. The van der Waals surface area contributed by atoms with Crippen molar-refractivity contribution < 1.29 is 17.9 Å². The van der Waals surface area contributed by atoms with Gasteiger partial charge in [-0.05, 0) is 30.5 Å². The number of carbonyl (C=O) groups excluding carboxylic acids is 1. The zero-order valence-electron chi connectivity index (χ0n) is 18.8. The van der Waals surface area contributed by atoms with Crippen LogP contribution in [0.1, 0.15) is 28.8 Å². The first-order chi connectivity index (χ1) is 15.8. The van der Waals surface area contributed by atoms with E-state index >= 15 is 0 Å². The summed E-state index contributed by atoms with van der Waals surface area (Å²) in [4.78, 5) is 13.3. The molecule has 1 aliphatic heterocycles. The molecule has 4 rings (SSSR count). The Hall–Kier alpha value is -3.17. The minimum atomic E-state index is -3.30. The molecule has 174 valence electrons. The van der Waals surface area contributed by atoms with Gasteiger partial charge in [-0.1, -0.05) is 42.5 Å². The number of hydrogen-bond acceptors (Lipinski definition) is 5. The molecular weight excluding hydrogens is 440 g/mol. The zero-order valence-corrected chi connectivity index (χ0v) is 19.6. The van der Waals surface area contributed by atoms with E-state index in [0.29, 0.717) is 36.5 Å². The molecule has 1 amide bonds. The standard InChI is InChI=1S/C24H28N4O4S/c1-32-21-12-6-10-19(14-21)23-22(17-27(26-23)15-18-8-4-3-5-9-18)24(29)25-20-11-7-13-28(16-20)33(2,30)31/h3-6,8-10,12,14,17,20H,7,11,13,15-16H2,1-2H3,(H,25,29). The summed E-state index contributed by atoms with van der Waals surface area (Å²) in [5, 5.41) is 7.74. The molecule has 0 radical (unpaired) electrons. The second kappa shape index (κ2) is 9.76. The summed E-state index contributed by atoms with van der Waals surface area (Å²) in [6.45, 7) is 1.28. The van der Waals surface area contributed by atoms with Crippen molar-refractivity contribution in [2.45, 2.75) is 25.4 Å². The number of nitrogens with one attached hydrogen (secondary N) is 1. The van der Waals surface area contributed by atoms with Gasteiger partial charge in [-0.3, -0.25) is 9.48 Å². The molecule has 0 bridgehead atoms. The summed E-state index contributed by atoms with van der Waals surface area (Å²) in [6, 6.07) is 17.1. The van der Waals surface area contributed by atoms with Gasteiger partial charge in [-0.2, -0.15) is 5.10 Å². The second-order valence-electron chi connectivity index (χ2n) is 8.24. The fraction of sp³-hybridized carbons (Fsp3) is 0.333. The highest BCUT2D eigenvalue weighted by Gasteiger charge is 2.28. The van der Waals surface area contributed by atoms with Gasteiger partial charge in [0.05, 0.1) is 25.5 Å². The molecule has 3 aromatic rings. The Kier molecular flexibility index (Phi) is 6.80. The third kappa shape index (κ3) is 5.61. The van der Waals surface area contributed by atoms with Crippen LogP contribution in [0.25, 0.3) is 11.3 Å². The first-order valence-electron chi connectivity index (χ1n) is 10.9. The summed E-state index contributed by atoms with van der Waals surface area (Å²) in [6.07, 6.45) is 4.37. The Morgan fingerprint density at radius 3 is 2.70 bits per heavy atom. The smallest absolute Gasteiger partial charge is 0.255 e. The van der Waals surface area contributed by atoms with Crippen molar-refractivity contribution in [3.05, 3.63) is 71.9 Å². The first-order valence-corrected chi connectivity index (χ1v) is 12.7. The summed E-state index contributed by atoms with van der Waals surface area (Å²) in [5.41, 5.74) is 2.83. The average Bonchev–Trinajstić information content (AvgIpc) is 3.23. The third-order valence-corrected chi connectivity index (χ3v) is 6.99. The summed E-state index contributed by atoms with van der Waals surface area (Å²) in [7, 11) is -1.70. The number of sulfonamides is 1. The highest BCUT2D eigenvalue weighted by Crippen LogP contribution is 2.26. The number of amides is 1. The van der Waals surface area contributed by atoms with Gasteiger partial charge in [0, 0.05) is 30.9 Å². The number of piperidine rings is 1. The molecule has 33 heavy (non-hydrogen) atoms. The molecule has 1 aliphatic rings. The molecule has 1 fully saturated rings. The number of hydrogen-bond donors (Lipinski definition) is 1. The van der Waals surface area contributed by atoms with Crippen molar-refractivity contribution in [2.24, 2.45) is 0 Å². The number of rotatable bonds is 7. The van der Waals surface area contributed by atoms with Gasteiger partial charge in [0.1, 0.15) is 11.4 Å². The topological polar surface area (TPSA) is 93.5 Å². The van der Waals surface area contributed by atoms with Crippen LogP contribution < -0.4 is 10.1 Å². The maximum Gasteiger partial charge on any atom is 0.255 e. The SMILES string of the molecule is COc1cccc(-c2nn(Cc3ccccc3)cc2C(=O)NC2CCCN(S(C)(=O)=O)C2)c1. The molecular formula is C24H28N4O4S. The number of ether oxygens (including phenoxy) is 1. The molecule has 8 nitrogen and oxygen atoms in total. The Morgan fingerprint density at radius 1 is 1.18 bits per heavy atom. The molecule has 0 saturated carbocycles. The van der Waals surface area contributed by atoms with Crippen molar-refractivity contribution in [3.63, 3.8) is 0 Å². The van der Waals surface area contributed by atoms with E-state index < -0.39 is 10.0 Å². The van der Waals surface area contributed by atoms with Crippen molar-refractivity contribution in [3.8, 4) is 17.0 Å². The largest absolute Gasteiger partial charge is 0.497 e. The van der Waals surface area contributed by atoms with E-state index in [-0.39, 0.29) is 18.5 Å². The predicted molar refractivity (Wildman–Crippen MR) is 127 cm³/mol. The van der Waals surface area contributed by atoms with Crippen LogP contribution in [0.5, 0.6) is 5.75 Å². The number of benzene rings is 2. The Morgan fingerprint density at radius 2 is 1.97 bits per heavy atom. The van der Waals surface area contributed by atoms with Crippen LogP contribution in [-0.4, -0.2) is 60.9 Å².